The van der Waals surface area contributed by atoms with Crippen LogP contribution in [-0.4, -0.2) is 24.6 Å². The van der Waals surface area contributed by atoms with Gasteiger partial charge < -0.3 is 19.5 Å². The summed E-state index contributed by atoms with van der Waals surface area (Å²) in [4.78, 5) is 27.4. The highest BCUT2D eigenvalue weighted by atomic mass is 35.5. The Morgan fingerprint density at radius 3 is 2.53 bits per heavy atom. The number of carbonyl (C=O) groups excluding carboxylic acids is 2. The summed E-state index contributed by atoms with van der Waals surface area (Å²) >= 11 is 6.77. The summed E-state index contributed by atoms with van der Waals surface area (Å²) in [6.07, 6.45) is 6.23. The van der Waals surface area contributed by atoms with Gasteiger partial charge in [0.15, 0.2) is 11.5 Å². The van der Waals surface area contributed by atoms with Crippen LogP contribution in [0.2, 0.25) is 5.02 Å². The van der Waals surface area contributed by atoms with Gasteiger partial charge in [0.1, 0.15) is 11.9 Å². The monoisotopic (exact) mass is 505 g/mol. The summed E-state index contributed by atoms with van der Waals surface area (Å²) in [5.74, 6) is -0.400. The van der Waals surface area contributed by atoms with Crippen LogP contribution in [0.5, 0.6) is 11.5 Å². The van der Waals surface area contributed by atoms with E-state index in [2.05, 4.69) is 11.4 Å². The molecule has 7 heteroatoms. The van der Waals surface area contributed by atoms with E-state index in [1.807, 2.05) is 43.3 Å². The van der Waals surface area contributed by atoms with E-state index in [1.54, 1.807) is 6.07 Å². The van der Waals surface area contributed by atoms with Crippen molar-refractivity contribution in [3.8, 4) is 11.5 Å². The molecule has 0 spiro atoms. The minimum atomic E-state index is -0.586. The Bertz CT molecular complexity index is 1280. The molecule has 3 atom stereocenters. The molecule has 1 fully saturated rings. The lowest BCUT2D eigenvalue weighted by Crippen LogP contribution is -2.42. The topological polar surface area (TPSA) is 73.9 Å². The molecule has 0 aromatic heterocycles. The van der Waals surface area contributed by atoms with Crippen LogP contribution in [0.4, 0.5) is 0 Å². The Morgan fingerprint density at radius 2 is 1.78 bits per heavy atom. The minimum absolute atomic E-state index is 0.0369. The molecule has 2 aromatic carbocycles. The van der Waals surface area contributed by atoms with E-state index in [1.165, 1.54) is 0 Å². The van der Waals surface area contributed by atoms with Crippen LogP contribution in [0, 0.1) is 5.92 Å². The molecule has 0 radical (unpaired) electrons. The Hall–Kier alpha value is -3.25. The van der Waals surface area contributed by atoms with Crippen molar-refractivity contribution < 1.29 is 23.8 Å². The molecule has 2 aromatic rings. The maximum atomic E-state index is 13.8. The van der Waals surface area contributed by atoms with E-state index in [0.717, 1.165) is 36.9 Å². The van der Waals surface area contributed by atoms with Crippen molar-refractivity contribution in [3.05, 3.63) is 81.7 Å². The highest BCUT2D eigenvalue weighted by Crippen LogP contribution is 2.50. The molecule has 6 nitrogen and oxygen atoms in total. The lowest BCUT2D eigenvalue weighted by Gasteiger charge is -2.40. The van der Waals surface area contributed by atoms with Gasteiger partial charge in [0.05, 0.1) is 11.5 Å². The average molecular weight is 506 g/mol. The van der Waals surface area contributed by atoms with Crippen LogP contribution in [0.1, 0.15) is 62.0 Å². The lowest BCUT2D eigenvalue weighted by atomic mass is 9.68. The molecule has 1 saturated carbocycles. The predicted molar refractivity (Wildman–Crippen MR) is 135 cm³/mol. The predicted octanol–water partition coefficient (Wildman–Crippen LogP) is 5.77. The summed E-state index contributed by atoms with van der Waals surface area (Å²) in [5, 5.41) is 3.83. The Morgan fingerprint density at radius 1 is 1.06 bits per heavy atom. The van der Waals surface area contributed by atoms with Gasteiger partial charge in [0, 0.05) is 40.7 Å². The number of hydrogen-bond acceptors (Lipinski definition) is 6. The third-order valence-corrected chi connectivity index (χ3v) is 8.04. The SMILES string of the molecule is CC1=C(C(=O)OC2CCCC2)C(c2cc3c(cc2Cl)OCO3)C2C(=O)CC(c3ccccc3)C=C2N1. The summed E-state index contributed by atoms with van der Waals surface area (Å²) in [6.45, 7) is 1.98. The van der Waals surface area contributed by atoms with Crippen LogP contribution in [0.15, 0.2) is 65.5 Å². The summed E-state index contributed by atoms with van der Waals surface area (Å²) < 4.78 is 17.1. The maximum Gasteiger partial charge on any atom is 0.336 e. The Balaban J connectivity index is 1.46. The number of ketones is 1. The molecule has 36 heavy (non-hydrogen) atoms. The van der Waals surface area contributed by atoms with Gasteiger partial charge in [-0.15, -0.1) is 0 Å². The second kappa shape index (κ2) is 9.32. The van der Waals surface area contributed by atoms with Gasteiger partial charge >= 0.3 is 5.97 Å². The van der Waals surface area contributed by atoms with Crippen LogP contribution in [0.3, 0.4) is 0 Å². The molecule has 2 aliphatic heterocycles. The fourth-order valence-corrected chi connectivity index (χ4v) is 6.26. The molecule has 3 unspecified atom stereocenters. The largest absolute Gasteiger partial charge is 0.459 e. The van der Waals surface area contributed by atoms with Gasteiger partial charge in [-0.1, -0.05) is 48.0 Å². The summed E-state index contributed by atoms with van der Waals surface area (Å²) in [7, 11) is 0. The molecule has 1 N–H and O–H groups in total. The van der Waals surface area contributed by atoms with Crippen LogP contribution in [0.25, 0.3) is 0 Å². The van der Waals surface area contributed by atoms with Gasteiger partial charge in [-0.25, -0.2) is 4.79 Å². The summed E-state index contributed by atoms with van der Waals surface area (Å²) in [5.41, 5.74) is 3.69. The number of allylic oxidation sites excluding steroid dienone is 3. The van der Waals surface area contributed by atoms with Crippen molar-refractivity contribution >= 4 is 23.4 Å². The molecule has 2 aliphatic carbocycles. The van der Waals surface area contributed by atoms with E-state index in [0.29, 0.717) is 39.8 Å². The van der Waals surface area contributed by atoms with Crippen LogP contribution >= 0.6 is 11.6 Å². The molecule has 0 bridgehead atoms. The van der Waals surface area contributed by atoms with Crippen molar-refractivity contribution in [1.29, 1.82) is 0 Å². The number of esters is 1. The normalized spacial score (nSPS) is 25.3. The zero-order chi connectivity index (χ0) is 24.8. The highest BCUT2D eigenvalue weighted by Gasteiger charge is 2.46. The van der Waals surface area contributed by atoms with E-state index < -0.39 is 11.8 Å². The molecule has 0 amide bonds. The van der Waals surface area contributed by atoms with Gasteiger partial charge in [-0.2, -0.15) is 0 Å². The molecule has 6 rings (SSSR count). The van der Waals surface area contributed by atoms with E-state index in [9.17, 15) is 9.59 Å². The number of nitrogens with one attached hydrogen (secondary N) is 1. The number of Topliss-reactive ketones (excluding diaryl/α,β-unsaturated/α-hetero) is 1. The van der Waals surface area contributed by atoms with Crippen molar-refractivity contribution in [1.82, 2.24) is 5.32 Å². The molecule has 0 saturated heterocycles. The van der Waals surface area contributed by atoms with Gasteiger partial charge in [0.25, 0.3) is 0 Å². The maximum absolute atomic E-state index is 13.8. The van der Waals surface area contributed by atoms with Gasteiger partial charge in [-0.05, 0) is 49.8 Å². The minimum Gasteiger partial charge on any atom is -0.459 e. The zero-order valence-electron chi connectivity index (χ0n) is 20.1. The van der Waals surface area contributed by atoms with Crippen molar-refractivity contribution in [3.63, 3.8) is 0 Å². The van der Waals surface area contributed by atoms with Gasteiger partial charge in [-0.3, -0.25) is 4.79 Å². The number of halogens is 1. The quantitative estimate of drug-likeness (QED) is 0.531. The smallest absolute Gasteiger partial charge is 0.336 e. The second-order valence-corrected chi connectivity index (χ2v) is 10.4. The van der Waals surface area contributed by atoms with Gasteiger partial charge in [0.2, 0.25) is 6.79 Å². The lowest BCUT2D eigenvalue weighted by molar-refractivity contribution is -0.144. The average Bonchev–Trinajstić information content (AvgIpc) is 3.54. The van der Waals surface area contributed by atoms with Crippen molar-refractivity contribution in [2.45, 2.75) is 57.0 Å². The zero-order valence-corrected chi connectivity index (χ0v) is 20.8. The van der Waals surface area contributed by atoms with E-state index in [-0.39, 0.29) is 30.6 Å². The Labute approximate surface area is 215 Å². The molecular formula is C29H28ClNO5. The fourth-order valence-electron chi connectivity index (χ4n) is 5.99. The first kappa shape index (κ1) is 23.2. The van der Waals surface area contributed by atoms with Crippen molar-refractivity contribution in [2.75, 3.05) is 6.79 Å². The van der Waals surface area contributed by atoms with E-state index in [4.69, 9.17) is 25.8 Å². The molecule has 186 valence electrons. The molecular weight excluding hydrogens is 478 g/mol. The first-order chi connectivity index (χ1) is 17.5. The number of ether oxygens (including phenoxy) is 3. The third kappa shape index (κ3) is 4.07. The second-order valence-electron chi connectivity index (χ2n) is 9.97. The first-order valence-corrected chi connectivity index (χ1v) is 12.9. The van der Waals surface area contributed by atoms with E-state index >= 15 is 0 Å². The third-order valence-electron chi connectivity index (χ3n) is 7.71. The standard InChI is InChI=1S/C29H28ClNO5/c1-16-26(29(33)36-19-9-5-6-10-19)27(20-13-24-25(14-21(20)30)35-15-34-24)28-22(31-16)11-18(12-23(28)32)17-7-3-2-4-8-17/h2-4,7-8,11,13-14,18-19,27-28,31H,5-6,9-10,12,15H2,1H3. The Kier molecular flexibility index (Phi) is 6.00. The number of fused-ring (bicyclic) bond motifs is 2. The highest BCUT2D eigenvalue weighted by molar-refractivity contribution is 6.31. The van der Waals surface area contributed by atoms with Crippen LogP contribution < -0.4 is 14.8 Å². The number of rotatable bonds is 4. The molecule has 2 heterocycles. The number of hydrogen-bond donors (Lipinski definition) is 1. The first-order valence-electron chi connectivity index (χ1n) is 12.6. The fraction of sp³-hybridized carbons (Fsp3) is 0.379. The summed E-state index contributed by atoms with van der Waals surface area (Å²) in [6, 6.07) is 13.5. The number of carbonyl (C=O) groups is 2. The molecule has 4 aliphatic rings. The number of benzene rings is 2. The van der Waals surface area contributed by atoms with Crippen molar-refractivity contribution in [2.24, 2.45) is 5.92 Å². The van der Waals surface area contributed by atoms with Crippen LogP contribution in [-0.2, 0) is 14.3 Å².